The number of sulfone groups is 1. The second-order valence-electron chi connectivity index (χ2n) is 6.16. The van der Waals surface area contributed by atoms with Crippen molar-refractivity contribution in [2.24, 2.45) is 5.92 Å². The molecule has 1 unspecified atom stereocenters. The predicted octanol–water partition coefficient (Wildman–Crippen LogP) is 3.87. The van der Waals surface area contributed by atoms with Crippen molar-refractivity contribution >= 4 is 9.84 Å². The molecule has 2 rings (SSSR count). The van der Waals surface area contributed by atoms with Gasteiger partial charge in [0.1, 0.15) is 0 Å². The van der Waals surface area contributed by atoms with Gasteiger partial charge >= 0.3 is 0 Å². The fourth-order valence-corrected chi connectivity index (χ4v) is 4.86. The molecule has 1 N–H and O–H groups in total. The number of aliphatic hydroxyl groups excluding tert-OH is 1. The maximum atomic E-state index is 12.6. The molecule has 1 aromatic rings. The van der Waals surface area contributed by atoms with E-state index in [0.29, 0.717) is 22.8 Å². The lowest BCUT2D eigenvalue weighted by Crippen LogP contribution is -2.19. The number of benzene rings is 1. The maximum absolute atomic E-state index is 12.6. The van der Waals surface area contributed by atoms with Gasteiger partial charge in [0.05, 0.1) is 16.8 Å². The molecule has 1 atom stereocenters. The number of aliphatic hydroxyl groups is 1. The van der Waals surface area contributed by atoms with Crippen LogP contribution in [-0.4, -0.2) is 19.3 Å². The van der Waals surface area contributed by atoms with E-state index >= 15 is 0 Å². The Morgan fingerprint density at radius 2 is 1.95 bits per heavy atom. The molecule has 118 valence electrons. The molecule has 0 saturated heterocycles. The molecule has 1 aromatic carbocycles. The topological polar surface area (TPSA) is 54.4 Å². The number of hydrogen-bond acceptors (Lipinski definition) is 3. The van der Waals surface area contributed by atoms with Crippen LogP contribution in [0, 0.1) is 5.92 Å². The van der Waals surface area contributed by atoms with Crippen LogP contribution in [0.15, 0.2) is 29.2 Å². The lowest BCUT2D eigenvalue weighted by Gasteiger charge is -2.21. The Morgan fingerprint density at radius 1 is 1.24 bits per heavy atom. The van der Waals surface area contributed by atoms with Gasteiger partial charge in [-0.25, -0.2) is 8.42 Å². The highest BCUT2D eigenvalue weighted by molar-refractivity contribution is 7.91. The standard InChI is InChI=1S/C17H26O3S/c1-2-7-17(18)15-10-6-11-16(12-15)21(19,20)13-14-8-4-3-5-9-14/h6,10-12,14,17-18H,2-5,7-9,13H2,1H3. The molecule has 0 bridgehead atoms. The van der Waals surface area contributed by atoms with E-state index in [1.165, 1.54) is 6.42 Å². The Hall–Kier alpha value is -0.870. The summed E-state index contributed by atoms with van der Waals surface area (Å²) in [4.78, 5) is 0.362. The van der Waals surface area contributed by atoms with E-state index in [-0.39, 0.29) is 5.75 Å². The average Bonchev–Trinajstić information content (AvgIpc) is 2.48. The molecule has 1 aliphatic rings. The van der Waals surface area contributed by atoms with Gasteiger partial charge < -0.3 is 5.11 Å². The fraction of sp³-hybridized carbons (Fsp3) is 0.647. The largest absolute Gasteiger partial charge is 0.388 e. The second-order valence-corrected chi connectivity index (χ2v) is 8.20. The molecule has 4 heteroatoms. The van der Waals surface area contributed by atoms with Crippen LogP contribution in [0.4, 0.5) is 0 Å². The first kappa shape index (κ1) is 16.5. The molecule has 3 nitrogen and oxygen atoms in total. The van der Waals surface area contributed by atoms with E-state index in [1.807, 2.05) is 6.92 Å². The zero-order chi connectivity index (χ0) is 15.3. The van der Waals surface area contributed by atoms with Crippen molar-refractivity contribution in [3.63, 3.8) is 0 Å². The highest BCUT2D eigenvalue weighted by Gasteiger charge is 2.23. The monoisotopic (exact) mass is 310 g/mol. The molecule has 0 aromatic heterocycles. The summed E-state index contributed by atoms with van der Waals surface area (Å²) in [5, 5.41) is 10.0. The molecule has 1 aliphatic carbocycles. The molecule has 0 radical (unpaired) electrons. The summed E-state index contributed by atoms with van der Waals surface area (Å²) in [6.07, 6.45) is 6.54. The summed E-state index contributed by atoms with van der Waals surface area (Å²) < 4.78 is 25.1. The maximum Gasteiger partial charge on any atom is 0.178 e. The Balaban J connectivity index is 2.13. The first-order valence-electron chi connectivity index (χ1n) is 8.03. The third kappa shape index (κ3) is 4.55. The van der Waals surface area contributed by atoms with Gasteiger partial charge in [0.2, 0.25) is 0 Å². The van der Waals surface area contributed by atoms with Gasteiger partial charge in [-0.05, 0) is 42.9 Å². The van der Waals surface area contributed by atoms with Crippen molar-refractivity contribution in [2.45, 2.75) is 62.9 Å². The van der Waals surface area contributed by atoms with Crippen LogP contribution in [0.2, 0.25) is 0 Å². The van der Waals surface area contributed by atoms with E-state index < -0.39 is 15.9 Å². The van der Waals surface area contributed by atoms with Crippen LogP contribution >= 0.6 is 0 Å². The lowest BCUT2D eigenvalue weighted by molar-refractivity contribution is 0.166. The molecular formula is C17H26O3S. The van der Waals surface area contributed by atoms with E-state index in [9.17, 15) is 13.5 Å². The molecule has 0 amide bonds. The Bertz CT molecular complexity index is 545. The minimum Gasteiger partial charge on any atom is -0.388 e. The molecule has 0 aliphatic heterocycles. The van der Waals surface area contributed by atoms with Crippen molar-refractivity contribution in [3.05, 3.63) is 29.8 Å². The minimum atomic E-state index is -3.24. The van der Waals surface area contributed by atoms with E-state index in [0.717, 1.165) is 32.1 Å². The van der Waals surface area contributed by atoms with Gasteiger partial charge in [-0.3, -0.25) is 0 Å². The molecule has 0 spiro atoms. The normalized spacial score (nSPS) is 18.6. The van der Waals surface area contributed by atoms with Crippen LogP contribution in [0.3, 0.4) is 0 Å². The van der Waals surface area contributed by atoms with Crippen LogP contribution in [0.25, 0.3) is 0 Å². The van der Waals surface area contributed by atoms with E-state index in [4.69, 9.17) is 0 Å². The van der Waals surface area contributed by atoms with E-state index in [2.05, 4.69) is 0 Å². The highest BCUT2D eigenvalue weighted by atomic mass is 32.2. The van der Waals surface area contributed by atoms with Crippen LogP contribution in [0.1, 0.15) is 63.5 Å². The van der Waals surface area contributed by atoms with Crippen LogP contribution in [-0.2, 0) is 9.84 Å². The minimum absolute atomic E-state index is 0.250. The zero-order valence-electron chi connectivity index (χ0n) is 12.8. The number of rotatable bonds is 6. The summed E-state index contributed by atoms with van der Waals surface area (Å²) in [5.41, 5.74) is 0.710. The molecule has 21 heavy (non-hydrogen) atoms. The van der Waals surface area contributed by atoms with E-state index in [1.54, 1.807) is 24.3 Å². The van der Waals surface area contributed by atoms with Gasteiger partial charge in [0.25, 0.3) is 0 Å². The Morgan fingerprint density at radius 3 is 2.62 bits per heavy atom. The fourth-order valence-electron chi connectivity index (χ4n) is 3.12. The third-order valence-electron chi connectivity index (χ3n) is 4.34. The van der Waals surface area contributed by atoms with Gasteiger partial charge in [-0.15, -0.1) is 0 Å². The lowest BCUT2D eigenvalue weighted by atomic mass is 9.91. The van der Waals surface area contributed by atoms with Crippen molar-refractivity contribution in [3.8, 4) is 0 Å². The smallest absolute Gasteiger partial charge is 0.178 e. The van der Waals surface area contributed by atoms with Gasteiger partial charge in [-0.1, -0.05) is 44.7 Å². The third-order valence-corrected chi connectivity index (χ3v) is 6.23. The highest BCUT2D eigenvalue weighted by Crippen LogP contribution is 2.28. The van der Waals surface area contributed by atoms with Crippen molar-refractivity contribution in [1.82, 2.24) is 0 Å². The Labute approximate surface area is 128 Å². The summed E-state index contributed by atoms with van der Waals surface area (Å²) in [5.74, 6) is 0.549. The van der Waals surface area contributed by atoms with Gasteiger partial charge in [0, 0.05) is 0 Å². The van der Waals surface area contributed by atoms with Crippen molar-refractivity contribution < 1.29 is 13.5 Å². The summed E-state index contributed by atoms with van der Waals surface area (Å²) >= 11 is 0. The summed E-state index contributed by atoms with van der Waals surface area (Å²) in [7, 11) is -3.24. The zero-order valence-corrected chi connectivity index (χ0v) is 13.6. The average molecular weight is 310 g/mol. The summed E-state index contributed by atoms with van der Waals surface area (Å²) in [6.45, 7) is 2.01. The predicted molar refractivity (Wildman–Crippen MR) is 84.9 cm³/mol. The van der Waals surface area contributed by atoms with Crippen LogP contribution < -0.4 is 0 Å². The SMILES string of the molecule is CCCC(O)c1cccc(S(=O)(=O)CC2CCCCC2)c1. The Kier molecular flexibility index (Phi) is 5.82. The van der Waals surface area contributed by atoms with Crippen molar-refractivity contribution in [1.29, 1.82) is 0 Å². The van der Waals surface area contributed by atoms with Gasteiger partial charge in [-0.2, -0.15) is 0 Å². The first-order valence-corrected chi connectivity index (χ1v) is 9.69. The molecular weight excluding hydrogens is 284 g/mol. The van der Waals surface area contributed by atoms with Crippen molar-refractivity contribution in [2.75, 3.05) is 5.75 Å². The molecule has 1 saturated carbocycles. The molecule has 1 fully saturated rings. The number of hydrogen-bond donors (Lipinski definition) is 1. The van der Waals surface area contributed by atoms with Gasteiger partial charge in [0.15, 0.2) is 9.84 Å². The quantitative estimate of drug-likeness (QED) is 0.867. The summed E-state index contributed by atoms with van der Waals surface area (Å²) in [6, 6.07) is 6.85. The van der Waals surface area contributed by atoms with Crippen LogP contribution in [0.5, 0.6) is 0 Å². The second kappa shape index (κ2) is 7.41. The first-order chi connectivity index (χ1) is 10.0. The molecule has 0 heterocycles.